The highest BCUT2D eigenvalue weighted by molar-refractivity contribution is 7.92. The highest BCUT2D eigenvalue weighted by Crippen LogP contribution is 2.21. The Morgan fingerprint density at radius 2 is 1.80 bits per heavy atom. The van der Waals surface area contributed by atoms with Crippen LogP contribution in [0.4, 0.5) is 10.1 Å². The van der Waals surface area contributed by atoms with Crippen LogP contribution in [0.2, 0.25) is 0 Å². The molecule has 0 amide bonds. The molecule has 106 valence electrons. The highest BCUT2D eigenvalue weighted by atomic mass is 32.2. The topological polar surface area (TPSA) is 66.4 Å². The van der Waals surface area contributed by atoms with Gasteiger partial charge in [0.1, 0.15) is 5.82 Å². The molecular weight excluding hydrogens is 281 g/mol. The van der Waals surface area contributed by atoms with E-state index in [2.05, 4.69) is 4.72 Å². The molecule has 0 heterocycles. The molecule has 0 aromatic heterocycles. The van der Waals surface area contributed by atoms with Gasteiger partial charge in [-0.2, -0.15) is 0 Å². The zero-order valence-corrected chi connectivity index (χ0v) is 11.6. The SMILES string of the molecule is Cc1c(F)cccc1NS(=O)(=O)c1ccc(CO)cc1. The highest BCUT2D eigenvalue weighted by Gasteiger charge is 2.16. The predicted octanol–water partition coefficient (Wildman–Crippen LogP) is 2.43. The van der Waals surface area contributed by atoms with Crippen molar-refractivity contribution in [1.82, 2.24) is 0 Å². The molecule has 0 unspecified atom stereocenters. The van der Waals surface area contributed by atoms with Crippen molar-refractivity contribution in [3.8, 4) is 0 Å². The van der Waals surface area contributed by atoms with Crippen molar-refractivity contribution in [2.24, 2.45) is 0 Å². The van der Waals surface area contributed by atoms with Crippen LogP contribution in [0, 0.1) is 12.7 Å². The smallest absolute Gasteiger partial charge is 0.261 e. The molecule has 0 spiro atoms. The van der Waals surface area contributed by atoms with Gasteiger partial charge in [-0.3, -0.25) is 4.72 Å². The number of hydrogen-bond acceptors (Lipinski definition) is 3. The average molecular weight is 295 g/mol. The Kier molecular flexibility index (Phi) is 4.06. The molecule has 0 aliphatic rings. The molecule has 2 N–H and O–H groups in total. The predicted molar refractivity (Wildman–Crippen MR) is 74.3 cm³/mol. The van der Waals surface area contributed by atoms with Gasteiger partial charge in [0.15, 0.2) is 0 Å². The summed E-state index contributed by atoms with van der Waals surface area (Å²) in [5, 5.41) is 8.93. The minimum absolute atomic E-state index is 0.0540. The van der Waals surface area contributed by atoms with E-state index < -0.39 is 15.8 Å². The lowest BCUT2D eigenvalue weighted by atomic mass is 10.2. The minimum Gasteiger partial charge on any atom is -0.392 e. The second kappa shape index (κ2) is 5.60. The van der Waals surface area contributed by atoms with Crippen molar-refractivity contribution in [2.75, 3.05) is 4.72 Å². The first-order chi connectivity index (χ1) is 9.44. The Balaban J connectivity index is 2.33. The Bertz CT molecular complexity index is 712. The molecule has 0 radical (unpaired) electrons. The van der Waals surface area contributed by atoms with Gasteiger partial charge in [0, 0.05) is 5.56 Å². The summed E-state index contributed by atoms with van der Waals surface area (Å²) < 4.78 is 40.1. The van der Waals surface area contributed by atoms with Crippen LogP contribution in [-0.2, 0) is 16.6 Å². The third-order valence-electron chi connectivity index (χ3n) is 2.93. The number of rotatable bonds is 4. The van der Waals surface area contributed by atoms with Crippen molar-refractivity contribution >= 4 is 15.7 Å². The molecule has 4 nitrogen and oxygen atoms in total. The van der Waals surface area contributed by atoms with Gasteiger partial charge in [-0.1, -0.05) is 18.2 Å². The van der Waals surface area contributed by atoms with Crippen LogP contribution in [0.5, 0.6) is 0 Å². The molecular formula is C14H14FNO3S. The zero-order valence-electron chi connectivity index (χ0n) is 10.8. The summed E-state index contributed by atoms with van der Waals surface area (Å²) in [5.41, 5.74) is 1.06. The van der Waals surface area contributed by atoms with Gasteiger partial charge in [0.25, 0.3) is 10.0 Å². The molecule has 20 heavy (non-hydrogen) atoms. The Morgan fingerprint density at radius 1 is 1.15 bits per heavy atom. The fraction of sp³-hybridized carbons (Fsp3) is 0.143. The first-order valence-corrected chi connectivity index (χ1v) is 7.40. The zero-order chi connectivity index (χ0) is 14.8. The number of benzene rings is 2. The number of hydrogen-bond donors (Lipinski definition) is 2. The van der Waals surface area contributed by atoms with Crippen LogP contribution in [0.1, 0.15) is 11.1 Å². The fourth-order valence-corrected chi connectivity index (χ4v) is 2.82. The minimum atomic E-state index is -3.78. The molecule has 0 atom stereocenters. The third kappa shape index (κ3) is 2.97. The molecule has 2 aromatic rings. The molecule has 0 aliphatic carbocycles. The summed E-state index contributed by atoms with van der Waals surface area (Å²) in [4.78, 5) is 0.0540. The van der Waals surface area contributed by atoms with Crippen LogP contribution in [0.3, 0.4) is 0 Å². The number of anilines is 1. The van der Waals surface area contributed by atoms with E-state index in [-0.39, 0.29) is 22.8 Å². The standard InChI is InChI=1S/C14H14FNO3S/c1-10-13(15)3-2-4-14(10)16-20(18,19)12-7-5-11(9-17)6-8-12/h2-8,16-17H,9H2,1H3. The molecule has 0 bridgehead atoms. The summed E-state index contributed by atoms with van der Waals surface area (Å²) in [6, 6.07) is 10.0. The number of nitrogens with one attached hydrogen (secondary N) is 1. The first-order valence-electron chi connectivity index (χ1n) is 5.92. The Morgan fingerprint density at radius 3 is 2.40 bits per heavy atom. The van der Waals surface area contributed by atoms with E-state index in [9.17, 15) is 12.8 Å². The Labute approximate surface area is 116 Å². The second-order valence-electron chi connectivity index (χ2n) is 4.32. The molecule has 0 saturated heterocycles. The third-order valence-corrected chi connectivity index (χ3v) is 4.31. The monoisotopic (exact) mass is 295 g/mol. The van der Waals surface area contributed by atoms with E-state index in [1.54, 1.807) is 0 Å². The van der Waals surface area contributed by atoms with Gasteiger partial charge in [-0.15, -0.1) is 0 Å². The summed E-state index contributed by atoms with van der Waals surface area (Å²) >= 11 is 0. The number of aliphatic hydroxyl groups is 1. The van der Waals surface area contributed by atoms with Crippen LogP contribution in [0.25, 0.3) is 0 Å². The number of sulfonamides is 1. The van der Waals surface area contributed by atoms with Crippen molar-refractivity contribution in [2.45, 2.75) is 18.4 Å². The lowest BCUT2D eigenvalue weighted by Crippen LogP contribution is -2.14. The van der Waals surface area contributed by atoms with E-state index in [4.69, 9.17) is 5.11 Å². The number of aliphatic hydroxyl groups excluding tert-OH is 1. The van der Waals surface area contributed by atoms with Crippen LogP contribution < -0.4 is 4.72 Å². The molecule has 2 aromatic carbocycles. The van der Waals surface area contributed by atoms with Crippen LogP contribution in [0.15, 0.2) is 47.4 Å². The van der Waals surface area contributed by atoms with E-state index in [0.29, 0.717) is 5.56 Å². The van der Waals surface area contributed by atoms with Crippen molar-refractivity contribution in [3.05, 3.63) is 59.4 Å². The van der Waals surface area contributed by atoms with Gasteiger partial charge >= 0.3 is 0 Å². The maximum absolute atomic E-state index is 13.4. The maximum Gasteiger partial charge on any atom is 0.261 e. The summed E-state index contributed by atoms with van der Waals surface area (Å²) in [5.74, 6) is -0.471. The molecule has 0 saturated carbocycles. The lowest BCUT2D eigenvalue weighted by Gasteiger charge is -2.11. The summed E-state index contributed by atoms with van der Waals surface area (Å²) in [7, 11) is -3.78. The van der Waals surface area contributed by atoms with E-state index in [1.165, 1.54) is 49.4 Å². The van der Waals surface area contributed by atoms with E-state index in [0.717, 1.165) is 0 Å². The van der Waals surface area contributed by atoms with Crippen molar-refractivity contribution in [3.63, 3.8) is 0 Å². The molecule has 0 aliphatic heterocycles. The molecule has 0 fully saturated rings. The first kappa shape index (κ1) is 14.5. The lowest BCUT2D eigenvalue weighted by molar-refractivity contribution is 0.282. The second-order valence-corrected chi connectivity index (χ2v) is 6.00. The normalized spacial score (nSPS) is 11.3. The van der Waals surface area contributed by atoms with Crippen LogP contribution in [-0.4, -0.2) is 13.5 Å². The summed E-state index contributed by atoms with van der Waals surface area (Å²) in [6.45, 7) is 1.35. The van der Waals surface area contributed by atoms with Gasteiger partial charge in [0.2, 0.25) is 0 Å². The maximum atomic E-state index is 13.4. The van der Waals surface area contributed by atoms with Gasteiger partial charge in [0.05, 0.1) is 17.2 Å². The molecule has 2 rings (SSSR count). The average Bonchev–Trinajstić information content (AvgIpc) is 2.44. The van der Waals surface area contributed by atoms with E-state index in [1.807, 2.05) is 0 Å². The van der Waals surface area contributed by atoms with Gasteiger partial charge in [-0.05, 0) is 36.8 Å². The largest absolute Gasteiger partial charge is 0.392 e. The summed E-state index contributed by atoms with van der Waals surface area (Å²) in [6.07, 6.45) is 0. The van der Waals surface area contributed by atoms with Gasteiger partial charge < -0.3 is 5.11 Å². The quantitative estimate of drug-likeness (QED) is 0.910. The van der Waals surface area contributed by atoms with E-state index >= 15 is 0 Å². The van der Waals surface area contributed by atoms with Crippen molar-refractivity contribution < 1.29 is 17.9 Å². The van der Waals surface area contributed by atoms with Crippen LogP contribution >= 0.6 is 0 Å². The number of halogens is 1. The molecule has 6 heteroatoms. The fourth-order valence-electron chi connectivity index (χ4n) is 1.70. The van der Waals surface area contributed by atoms with Crippen molar-refractivity contribution in [1.29, 1.82) is 0 Å². The Hall–Kier alpha value is -1.92. The van der Waals surface area contributed by atoms with Gasteiger partial charge in [-0.25, -0.2) is 12.8 Å².